The fraction of sp³-hybridized carbons (Fsp3) is 1.00. The van der Waals surface area contributed by atoms with Crippen molar-refractivity contribution in [2.75, 3.05) is 18.1 Å². The molecule has 13 heavy (non-hydrogen) atoms. The highest BCUT2D eigenvalue weighted by molar-refractivity contribution is 7.99. The number of hydrogen-bond donors (Lipinski definition) is 2. The zero-order valence-electron chi connectivity index (χ0n) is 7.96. The lowest BCUT2D eigenvalue weighted by Gasteiger charge is -2.41. The minimum atomic E-state index is -0.550. The normalized spacial score (nSPS) is 38.3. The topological polar surface area (TPSA) is 40.5 Å². The third kappa shape index (κ3) is 1.41. The maximum absolute atomic E-state index is 10.5. The molecule has 2 rings (SSSR count). The van der Waals surface area contributed by atoms with E-state index in [1.807, 2.05) is 11.8 Å². The summed E-state index contributed by atoms with van der Waals surface area (Å²) in [5.41, 5.74) is -0.723. The average molecular weight is 202 g/mol. The number of rotatable bonds is 2. The van der Waals surface area contributed by atoms with Gasteiger partial charge in [0.25, 0.3) is 0 Å². The van der Waals surface area contributed by atoms with Gasteiger partial charge in [0.05, 0.1) is 12.2 Å². The van der Waals surface area contributed by atoms with E-state index >= 15 is 0 Å². The zero-order chi connectivity index (χ0) is 9.36. The first-order valence-corrected chi connectivity index (χ1v) is 6.29. The van der Waals surface area contributed by atoms with Gasteiger partial charge in [-0.2, -0.15) is 11.8 Å². The van der Waals surface area contributed by atoms with Crippen LogP contribution in [0.4, 0.5) is 0 Å². The Bertz CT molecular complexity index is 181. The Morgan fingerprint density at radius 1 is 1.15 bits per heavy atom. The predicted molar refractivity (Wildman–Crippen MR) is 54.9 cm³/mol. The van der Waals surface area contributed by atoms with Gasteiger partial charge in [0, 0.05) is 11.2 Å². The fourth-order valence-corrected chi connectivity index (χ4v) is 4.31. The first-order chi connectivity index (χ1) is 6.22. The van der Waals surface area contributed by atoms with E-state index in [0.29, 0.717) is 0 Å². The molecule has 0 aromatic rings. The number of hydrogen-bond acceptors (Lipinski definition) is 3. The summed E-state index contributed by atoms with van der Waals surface area (Å²) in [6, 6.07) is 0. The first kappa shape index (κ1) is 9.81. The van der Waals surface area contributed by atoms with Crippen molar-refractivity contribution in [3.63, 3.8) is 0 Å². The van der Waals surface area contributed by atoms with E-state index in [1.54, 1.807) is 0 Å². The quantitative estimate of drug-likeness (QED) is 0.711. The Labute approximate surface area is 83.7 Å². The van der Waals surface area contributed by atoms with Gasteiger partial charge in [-0.15, -0.1) is 0 Å². The van der Waals surface area contributed by atoms with Crippen LogP contribution in [-0.4, -0.2) is 33.9 Å². The summed E-state index contributed by atoms with van der Waals surface area (Å²) in [5, 5.41) is 19.9. The van der Waals surface area contributed by atoms with Crippen LogP contribution >= 0.6 is 11.8 Å². The summed E-state index contributed by atoms with van der Waals surface area (Å²) < 4.78 is 0. The summed E-state index contributed by atoms with van der Waals surface area (Å²) in [5.74, 6) is 2.04. The minimum absolute atomic E-state index is 0.163. The summed E-state index contributed by atoms with van der Waals surface area (Å²) in [4.78, 5) is 0. The molecule has 2 aliphatic rings. The molecule has 3 heteroatoms. The van der Waals surface area contributed by atoms with E-state index in [1.165, 1.54) is 0 Å². The summed E-state index contributed by atoms with van der Waals surface area (Å²) in [7, 11) is 0. The second-order valence-corrected chi connectivity index (χ2v) is 5.58. The zero-order valence-corrected chi connectivity index (χ0v) is 8.78. The lowest BCUT2D eigenvalue weighted by Crippen LogP contribution is -2.49. The lowest BCUT2D eigenvalue weighted by atomic mass is 9.71. The Morgan fingerprint density at radius 3 is 2.31 bits per heavy atom. The van der Waals surface area contributed by atoms with Crippen LogP contribution in [0.15, 0.2) is 0 Å². The van der Waals surface area contributed by atoms with Crippen LogP contribution in [0, 0.1) is 5.41 Å². The van der Waals surface area contributed by atoms with Gasteiger partial charge in [0.15, 0.2) is 0 Å². The van der Waals surface area contributed by atoms with Crippen molar-refractivity contribution in [1.29, 1.82) is 0 Å². The van der Waals surface area contributed by atoms with Crippen LogP contribution in [0.25, 0.3) is 0 Å². The van der Waals surface area contributed by atoms with Crippen LogP contribution in [0.3, 0.4) is 0 Å². The second-order valence-electron chi connectivity index (χ2n) is 4.48. The standard InChI is InChI=1S/C10H18O2S/c11-7-9(5-6-13-8-9)10(12)3-1-2-4-10/h11-12H,1-8H2. The Morgan fingerprint density at radius 2 is 1.85 bits per heavy atom. The van der Waals surface area contributed by atoms with E-state index in [0.717, 1.165) is 43.6 Å². The molecule has 0 amide bonds. The third-order valence-corrected chi connectivity index (χ3v) is 5.07. The van der Waals surface area contributed by atoms with E-state index < -0.39 is 5.60 Å². The van der Waals surface area contributed by atoms with Crippen LogP contribution in [0.1, 0.15) is 32.1 Å². The molecule has 1 atom stereocenters. The molecule has 0 radical (unpaired) electrons. The van der Waals surface area contributed by atoms with E-state index in [2.05, 4.69) is 0 Å². The van der Waals surface area contributed by atoms with Crippen molar-refractivity contribution in [3.05, 3.63) is 0 Å². The van der Waals surface area contributed by atoms with Gasteiger partial charge in [-0.05, 0) is 25.0 Å². The molecule has 2 fully saturated rings. The summed E-state index contributed by atoms with van der Waals surface area (Å²) in [6.45, 7) is 0.163. The molecule has 2 N–H and O–H groups in total. The van der Waals surface area contributed by atoms with Gasteiger partial charge in [-0.25, -0.2) is 0 Å². The Hall–Kier alpha value is 0.270. The van der Waals surface area contributed by atoms with Crippen LogP contribution < -0.4 is 0 Å². The van der Waals surface area contributed by atoms with E-state index in [4.69, 9.17) is 0 Å². The average Bonchev–Trinajstić information content (AvgIpc) is 2.73. The maximum Gasteiger partial charge on any atom is 0.0733 e. The number of thioether (sulfide) groups is 1. The fourth-order valence-electron chi connectivity index (χ4n) is 2.74. The van der Waals surface area contributed by atoms with Gasteiger partial charge in [0.1, 0.15) is 0 Å². The first-order valence-electron chi connectivity index (χ1n) is 5.13. The molecule has 76 valence electrons. The van der Waals surface area contributed by atoms with Gasteiger partial charge >= 0.3 is 0 Å². The largest absolute Gasteiger partial charge is 0.396 e. The molecule has 1 aliphatic heterocycles. The van der Waals surface area contributed by atoms with Crippen molar-refractivity contribution in [1.82, 2.24) is 0 Å². The maximum atomic E-state index is 10.5. The van der Waals surface area contributed by atoms with E-state index in [9.17, 15) is 10.2 Å². The Kier molecular flexibility index (Phi) is 2.60. The van der Waals surface area contributed by atoms with Gasteiger partial charge in [-0.1, -0.05) is 12.8 Å². The molecule has 0 aromatic heterocycles. The number of aliphatic hydroxyl groups is 2. The van der Waals surface area contributed by atoms with Crippen LogP contribution in [-0.2, 0) is 0 Å². The van der Waals surface area contributed by atoms with Crippen LogP contribution in [0.2, 0.25) is 0 Å². The monoisotopic (exact) mass is 202 g/mol. The van der Waals surface area contributed by atoms with E-state index in [-0.39, 0.29) is 12.0 Å². The molecule has 1 unspecified atom stereocenters. The Balaban J connectivity index is 2.18. The lowest BCUT2D eigenvalue weighted by molar-refractivity contribution is -0.0907. The molecular formula is C10H18O2S. The molecule has 0 spiro atoms. The summed E-state index contributed by atoms with van der Waals surface area (Å²) in [6.07, 6.45) is 5.04. The van der Waals surface area contributed by atoms with Crippen molar-refractivity contribution in [2.24, 2.45) is 5.41 Å². The summed E-state index contributed by atoms with van der Waals surface area (Å²) >= 11 is 1.87. The molecule has 0 bridgehead atoms. The van der Waals surface area contributed by atoms with Gasteiger partial charge in [-0.3, -0.25) is 0 Å². The molecule has 1 aliphatic carbocycles. The van der Waals surface area contributed by atoms with Crippen molar-refractivity contribution in [2.45, 2.75) is 37.7 Å². The molecule has 1 saturated carbocycles. The van der Waals surface area contributed by atoms with Gasteiger partial charge < -0.3 is 10.2 Å². The highest BCUT2D eigenvalue weighted by Gasteiger charge is 2.52. The minimum Gasteiger partial charge on any atom is -0.396 e. The SMILES string of the molecule is OCC1(C2(O)CCCC2)CCSC1. The third-order valence-electron chi connectivity index (χ3n) is 3.82. The highest BCUT2D eigenvalue weighted by atomic mass is 32.2. The predicted octanol–water partition coefficient (Wildman–Crippen LogP) is 1.41. The highest BCUT2D eigenvalue weighted by Crippen LogP contribution is 2.51. The van der Waals surface area contributed by atoms with Crippen molar-refractivity contribution in [3.8, 4) is 0 Å². The van der Waals surface area contributed by atoms with Gasteiger partial charge in [0.2, 0.25) is 0 Å². The molecule has 1 heterocycles. The smallest absolute Gasteiger partial charge is 0.0733 e. The van der Waals surface area contributed by atoms with Crippen molar-refractivity contribution < 1.29 is 10.2 Å². The second kappa shape index (κ2) is 3.44. The van der Waals surface area contributed by atoms with Crippen LogP contribution in [0.5, 0.6) is 0 Å². The number of aliphatic hydroxyl groups excluding tert-OH is 1. The molecule has 2 nitrogen and oxygen atoms in total. The molecule has 0 aromatic carbocycles. The molecule has 1 saturated heterocycles. The molecular weight excluding hydrogens is 184 g/mol. The van der Waals surface area contributed by atoms with Crippen molar-refractivity contribution >= 4 is 11.8 Å².